The van der Waals surface area contributed by atoms with Crippen LogP contribution in [0.15, 0.2) is 11.8 Å². The van der Waals surface area contributed by atoms with Crippen LogP contribution in [-0.4, -0.2) is 26.1 Å². The van der Waals surface area contributed by atoms with Crippen molar-refractivity contribution in [2.75, 3.05) is 6.61 Å². The van der Waals surface area contributed by atoms with Gasteiger partial charge < -0.3 is 4.18 Å². The fraction of sp³-hybridized carbons (Fsp3) is 0.778. The summed E-state index contributed by atoms with van der Waals surface area (Å²) in [5.74, 6) is -0.201. The number of hydrogen-bond acceptors (Lipinski definition) is 5. The molecule has 0 aromatic heterocycles. The maximum absolute atomic E-state index is 12.1. The Morgan fingerprint density at radius 2 is 2.06 bits per heavy atom. The van der Waals surface area contributed by atoms with Gasteiger partial charge in [-0.25, -0.2) is 9.78 Å². The van der Waals surface area contributed by atoms with Gasteiger partial charge >= 0.3 is 15.6 Å². The molecule has 0 amide bonds. The molecule has 1 saturated heterocycles. The first-order valence-electron chi connectivity index (χ1n) is 5.25. The molecule has 1 fully saturated rings. The van der Waals surface area contributed by atoms with Crippen LogP contribution in [0.3, 0.4) is 0 Å². The molecule has 0 aromatic rings. The van der Waals surface area contributed by atoms with Crippen LogP contribution in [0.4, 0.5) is 13.2 Å². The highest BCUT2D eigenvalue weighted by atomic mass is 32.2. The lowest BCUT2D eigenvalue weighted by atomic mass is 9.86. The number of alkyl halides is 3. The van der Waals surface area contributed by atoms with Crippen LogP contribution in [-0.2, 0) is 24.1 Å². The van der Waals surface area contributed by atoms with Gasteiger partial charge in [-0.3, -0.25) is 0 Å². The Morgan fingerprint density at radius 1 is 1.33 bits per heavy atom. The first-order valence-corrected chi connectivity index (χ1v) is 6.65. The van der Waals surface area contributed by atoms with Crippen LogP contribution < -0.4 is 0 Å². The van der Waals surface area contributed by atoms with Gasteiger partial charge in [0.25, 0.3) is 0 Å². The Labute approximate surface area is 102 Å². The molecule has 1 aliphatic heterocycles. The molecular formula is C9H11F3O5S. The molecule has 0 radical (unpaired) electrons. The molecule has 0 N–H and O–H groups in total. The molecule has 0 aromatic carbocycles. The largest absolute Gasteiger partial charge is 0.534 e. The number of hydrogen-bond donors (Lipinski definition) is 0. The molecule has 0 bridgehead atoms. The van der Waals surface area contributed by atoms with Crippen molar-refractivity contribution >= 4 is 10.1 Å². The van der Waals surface area contributed by atoms with E-state index < -0.39 is 21.2 Å². The second-order valence-electron chi connectivity index (χ2n) is 4.20. The standard InChI is InChI=1S/C9H11F3O5S/c10-9(11,12)18(13,14)16-7-1-3-8(4-2-7)5-6-15-17-8/h1H,2-6H2. The molecule has 2 aliphatic rings. The monoisotopic (exact) mass is 288 g/mol. The highest BCUT2D eigenvalue weighted by Crippen LogP contribution is 2.39. The topological polar surface area (TPSA) is 61.8 Å². The van der Waals surface area contributed by atoms with Crippen LogP contribution >= 0.6 is 0 Å². The van der Waals surface area contributed by atoms with Crippen molar-refractivity contribution in [1.82, 2.24) is 0 Å². The van der Waals surface area contributed by atoms with E-state index in [1.54, 1.807) is 0 Å². The van der Waals surface area contributed by atoms with E-state index in [0.717, 1.165) is 0 Å². The van der Waals surface area contributed by atoms with Gasteiger partial charge in [0, 0.05) is 19.3 Å². The van der Waals surface area contributed by atoms with Gasteiger partial charge in [0.1, 0.15) is 11.4 Å². The summed E-state index contributed by atoms with van der Waals surface area (Å²) in [7, 11) is -5.57. The molecule has 1 aliphatic carbocycles. The second kappa shape index (κ2) is 4.39. The van der Waals surface area contributed by atoms with Gasteiger partial charge in [0.15, 0.2) is 0 Å². The lowest BCUT2D eigenvalue weighted by Gasteiger charge is -2.28. The molecule has 1 heterocycles. The maximum atomic E-state index is 12.1. The molecule has 1 spiro atoms. The summed E-state index contributed by atoms with van der Waals surface area (Å²) < 4.78 is 61.9. The summed E-state index contributed by atoms with van der Waals surface area (Å²) >= 11 is 0. The maximum Gasteiger partial charge on any atom is 0.534 e. The Kier molecular flexibility index (Phi) is 3.32. The minimum atomic E-state index is -5.57. The second-order valence-corrected chi connectivity index (χ2v) is 5.73. The van der Waals surface area contributed by atoms with Gasteiger partial charge in [-0.1, -0.05) is 0 Å². The molecule has 0 saturated carbocycles. The van der Waals surface area contributed by atoms with Gasteiger partial charge in [-0.05, 0) is 12.5 Å². The lowest BCUT2D eigenvalue weighted by molar-refractivity contribution is -0.310. The van der Waals surface area contributed by atoms with Crippen LogP contribution in [0.25, 0.3) is 0 Å². The summed E-state index contributed by atoms with van der Waals surface area (Å²) in [5.41, 5.74) is -5.95. The SMILES string of the molecule is O=S(=O)(OC1=CCC2(CCOO2)CC1)C(F)(F)F. The predicted octanol–water partition coefficient (Wildman–Crippen LogP) is 2.01. The first-order chi connectivity index (χ1) is 8.24. The highest BCUT2D eigenvalue weighted by molar-refractivity contribution is 7.87. The normalized spacial score (nSPS) is 29.4. The summed E-state index contributed by atoms with van der Waals surface area (Å²) in [6, 6.07) is 0. The summed E-state index contributed by atoms with van der Waals surface area (Å²) in [5, 5.41) is 0. The minimum Gasteiger partial charge on any atom is -0.381 e. The summed E-state index contributed by atoms with van der Waals surface area (Å²) in [6.07, 6.45) is 2.64. The van der Waals surface area contributed by atoms with Crippen LogP contribution in [0, 0.1) is 0 Å². The average molecular weight is 288 g/mol. The first kappa shape index (κ1) is 13.6. The van der Waals surface area contributed by atoms with Crippen LogP contribution in [0.5, 0.6) is 0 Å². The lowest BCUT2D eigenvalue weighted by Crippen LogP contribution is -2.31. The minimum absolute atomic E-state index is 0.0681. The van der Waals surface area contributed by atoms with E-state index in [9.17, 15) is 21.6 Å². The molecule has 104 valence electrons. The van der Waals surface area contributed by atoms with Gasteiger partial charge in [0.2, 0.25) is 0 Å². The third kappa shape index (κ3) is 2.62. The van der Waals surface area contributed by atoms with Crippen LogP contribution in [0.2, 0.25) is 0 Å². The number of halogens is 3. The van der Waals surface area contributed by atoms with E-state index in [2.05, 4.69) is 4.18 Å². The van der Waals surface area contributed by atoms with E-state index >= 15 is 0 Å². The van der Waals surface area contributed by atoms with Crippen molar-refractivity contribution in [2.24, 2.45) is 0 Å². The third-order valence-electron chi connectivity index (χ3n) is 2.91. The molecule has 2 rings (SSSR count). The molecule has 1 atom stereocenters. The quantitative estimate of drug-likeness (QED) is 0.442. The average Bonchev–Trinajstić information content (AvgIpc) is 2.69. The summed E-state index contributed by atoms with van der Waals surface area (Å²) in [6.45, 7) is 0.422. The smallest absolute Gasteiger partial charge is 0.381 e. The van der Waals surface area contributed by atoms with Crippen molar-refractivity contribution in [3.05, 3.63) is 11.8 Å². The Bertz CT molecular complexity index is 447. The number of allylic oxidation sites excluding steroid dienone is 1. The van der Waals surface area contributed by atoms with Gasteiger partial charge in [-0.15, -0.1) is 0 Å². The summed E-state index contributed by atoms with van der Waals surface area (Å²) in [4.78, 5) is 9.82. The van der Waals surface area contributed by atoms with E-state index in [4.69, 9.17) is 9.78 Å². The van der Waals surface area contributed by atoms with Crippen molar-refractivity contribution in [3.8, 4) is 0 Å². The van der Waals surface area contributed by atoms with Crippen molar-refractivity contribution in [2.45, 2.75) is 36.8 Å². The van der Waals surface area contributed by atoms with E-state index in [1.165, 1.54) is 6.08 Å². The molecule has 9 heteroatoms. The fourth-order valence-electron chi connectivity index (χ4n) is 1.86. The zero-order valence-electron chi connectivity index (χ0n) is 9.20. The van der Waals surface area contributed by atoms with Crippen molar-refractivity contribution < 1.29 is 35.5 Å². The molecule has 18 heavy (non-hydrogen) atoms. The third-order valence-corrected chi connectivity index (χ3v) is 3.91. The molecule has 1 unspecified atom stereocenters. The zero-order valence-corrected chi connectivity index (χ0v) is 10.0. The Hall–Kier alpha value is -0.800. The zero-order chi connectivity index (χ0) is 13.4. The van der Waals surface area contributed by atoms with Crippen molar-refractivity contribution in [1.29, 1.82) is 0 Å². The van der Waals surface area contributed by atoms with Crippen LogP contribution in [0.1, 0.15) is 25.7 Å². The molecular weight excluding hydrogens is 277 g/mol. The fourth-order valence-corrected chi connectivity index (χ4v) is 2.39. The van der Waals surface area contributed by atoms with Crippen molar-refractivity contribution in [3.63, 3.8) is 0 Å². The van der Waals surface area contributed by atoms with E-state index in [0.29, 0.717) is 19.4 Å². The highest BCUT2D eigenvalue weighted by Gasteiger charge is 2.49. The van der Waals surface area contributed by atoms with Gasteiger partial charge in [0.05, 0.1) is 6.61 Å². The number of rotatable bonds is 2. The Morgan fingerprint density at radius 3 is 2.50 bits per heavy atom. The van der Waals surface area contributed by atoms with E-state index in [1.807, 2.05) is 0 Å². The van der Waals surface area contributed by atoms with Gasteiger partial charge in [-0.2, -0.15) is 21.6 Å². The Balaban J connectivity index is 2.03. The molecule has 5 nitrogen and oxygen atoms in total. The van der Waals surface area contributed by atoms with E-state index in [-0.39, 0.29) is 18.6 Å². The predicted molar refractivity (Wildman–Crippen MR) is 52.4 cm³/mol.